The summed E-state index contributed by atoms with van der Waals surface area (Å²) in [6.07, 6.45) is 6.29. The molecule has 1 aromatic carbocycles. The van der Waals surface area contributed by atoms with Gasteiger partial charge in [0.1, 0.15) is 0 Å². The van der Waals surface area contributed by atoms with E-state index < -0.39 is 9.84 Å². The molecule has 1 saturated carbocycles. The minimum Gasteiger partial charge on any atom is -0.313 e. The Morgan fingerprint density at radius 3 is 2.50 bits per heavy atom. The van der Waals surface area contributed by atoms with Gasteiger partial charge in [-0.25, -0.2) is 8.42 Å². The van der Waals surface area contributed by atoms with Crippen LogP contribution in [0.1, 0.15) is 37.3 Å². The number of hydrogen-bond donors (Lipinski definition) is 1. The van der Waals surface area contributed by atoms with E-state index in [1.54, 1.807) is 6.07 Å². The molecule has 4 heteroatoms. The van der Waals surface area contributed by atoms with E-state index in [4.69, 9.17) is 0 Å². The molecule has 0 spiro atoms. The minimum absolute atomic E-state index is 0.272. The Morgan fingerprint density at radius 1 is 1.28 bits per heavy atom. The molecule has 1 aliphatic rings. The molecule has 1 aliphatic carbocycles. The number of nitrogens with one attached hydrogen (secondary N) is 1. The first kappa shape index (κ1) is 13.6. The molecule has 0 aromatic heterocycles. The van der Waals surface area contributed by atoms with Crippen LogP contribution in [0.15, 0.2) is 29.2 Å². The normalized spacial score (nSPS) is 19.0. The van der Waals surface area contributed by atoms with Crippen molar-refractivity contribution < 1.29 is 8.42 Å². The topological polar surface area (TPSA) is 46.2 Å². The van der Waals surface area contributed by atoms with Crippen molar-refractivity contribution in [2.75, 3.05) is 13.3 Å². The van der Waals surface area contributed by atoms with Crippen molar-refractivity contribution >= 4 is 9.84 Å². The summed E-state index contributed by atoms with van der Waals surface area (Å²) in [4.78, 5) is 0.415. The number of rotatable bonds is 4. The van der Waals surface area contributed by atoms with E-state index in [0.29, 0.717) is 10.8 Å². The summed E-state index contributed by atoms with van der Waals surface area (Å²) < 4.78 is 23.2. The second kappa shape index (κ2) is 5.41. The summed E-state index contributed by atoms with van der Waals surface area (Å²) in [5, 5.41) is 3.34. The zero-order valence-electron chi connectivity index (χ0n) is 11.0. The van der Waals surface area contributed by atoms with Crippen molar-refractivity contribution in [3.63, 3.8) is 0 Å². The molecule has 1 unspecified atom stereocenters. The lowest BCUT2D eigenvalue weighted by molar-refractivity contribution is 0.390. The third-order valence-electron chi connectivity index (χ3n) is 3.83. The zero-order valence-corrected chi connectivity index (χ0v) is 11.8. The highest BCUT2D eigenvalue weighted by atomic mass is 32.2. The van der Waals surface area contributed by atoms with Crippen LogP contribution in [-0.4, -0.2) is 21.7 Å². The quantitative estimate of drug-likeness (QED) is 0.912. The Labute approximate surface area is 110 Å². The van der Waals surface area contributed by atoms with Crippen LogP contribution in [-0.2, 0) is 9.84 Å². The van der Waals surface area contributed by atoms with Gasteiger partial charge in [0.2, 0.25) is 0 Å². The zero-order chi connectivity index (χ0) is 13.2. The van der Waals surface area contributed by atoms with Crippen LogP contribution in [0.25, 0.3) is 0 Å². The summed E-state index contributed by atoms with van der Waals surface area (Å²) in [6, 6.07) is 7.61. The van der Waals surface area contributed by atoms with E-state index in [9.17, 15) is 8.42 Å². The molecule has 100 valence electrons. The van der Waals surface area contributed by atoms with Crippen LogP contribution in [0.2, 0.25) is 0 Å². The average molecular weight is 267 g/mol. The summed E-state index contributed by atoms with van der Waals surface area (Å²) in [7, 11) is -1.16. The fraction of sp³-hybridized carbons (Fsp3) is 0.571. The third kappa shape index (κ3) is 2.93. The number of benzene rings is 1. The van der Waals surface area contributed by atoms with Crippen LogP contribution in [0.3, 0.4) is 0 Å². The highest BCUT2D eigenvalue weighted by Gasteiger charge is 2.25. The van der Waals surface area contributed by atoms with Crippen LogP contribution in [0.4, 0.5) is 0 Å². The Bertz CT molecular complexity index is 504. The fourth-order valence-corrected chi connectivity index (χ4v) is 3.58. The molecule has 1 aromatic rings. The van der Waals surface area contributed by atoms with Gasteiger partial charge in [-0.05, 0) is 43.5 Å². The molecule has 0 amide bonds. The van der Waals surface area contributed by atoms with Crippen molar-refractivity contribution in [1.82, 2.24) is 5.32 Å². The summed E-state index contributed by atoms with van der Waals surface area (Å²) in [5.74, 6) is 0.629. The van der Waals surface area contributed by atoms with Crippen molar-refractivity contribution in [3.05, 3.63) is 29.8 Å². The van der Waals surface area contributed by atoms with Crippen molar-refractivity contribution in [2.24, 2.45) is 5.92 Å². The average Bonchev–Trinajstić information content (AvgIpc) is 2.83. The Morgan fingerprint density at radius 2 is 1.94 bits per heavy atom. The van der Waals surface area contributed by atoms with Crippen LogP contribution in [0.5, 0.6) is 0 Å². The SMILES string of the molecule is CNC(c1cccc(S(C)(=O)=O)c1)C1CCCC1. The Kier molecular flexibility index (Phi) is 4.07. The van der Waals surface area contributed by atoms with Crippen LogP contribution < -0.4 is 5.32 Å². The molecule has 1 N–H and O–H groups in total. The van der Waals surface area contributed by atoms with Crippen molar-refractivity contribution in [2.45, 2.75) is 36.6 Å². The molecule has 0 saturated heterocycles. The van der Waals surface area contributed by atoms with E-state index in [0.717, 1.165) is 5.56 Å². The van der Waals surface area contributed by atoms with Gasteiger partial charge in [0.05, 0.1) is 4.90 Å². The second-order valence-corrected chi connectivity index (χ2v) is 7.17. The van der Waals surface area contributed by atoms with E-state index >= 15 is 0 Å². The highest BCUT2D eigenvalue weighted by molar-refractivity contribution is 7.90. The molecular formula is C14H21NO2S. The van der Waals surface area contributed by atoms with Crippen LogP contribution >= 0.6 is 0 Å². The molecular weight excluding hydrogens is 246 g/mol. The van der Waals surface area contributed by atoms with Gasteiger partial charge in [-0.1, -0.05) is 25.0 Å². The summed E-state index contributed by atoms with van der Waals surface area (Å²) in [5.41, 5.74) is 1.09. The van der Waals surface area contributed by atoms with Gasteiger partial charge in [0.15, 0.2) is 9.84 Å². The predicted octanol–water partition coefficient (Wildman–Crippen LogP) is 2.54. The molecule has 1 atom stereocenters. The van der Waals surface area contributed by atoms with Crippen molar-refractivity contribution in [3.8, 4) is 0 Å². The standard InChI is InChI=1S/C14H21NO2S/c1-15-14(11-6-3-4-7-11)12-8-5-9-13(10-12)18(2,16)17/h5,8-11,14-15H,3-4,6-7H2,1-2H3. The lowest BCUT2D eigenvalue weighted by atomic mass is 9.92. The molecule has 2 rings (SSSR count). The first-order valence-corrected chi connectivity index (χ1v) is 8.39. The highest BCUT2D eigenvalue weighted by Crippen LogP contribution is 2.35. The van der Waals surface area contributed by atoms with Gasteiger partial charge in [0.25, 0.3) is 0 Å². The first-order chi connectivity index (χ1) is 8.52. The summed E-state index contributed by atoms with van der Waals surface area (Å²) in [6.45, 7) is 0. The van der Waals surface area contributed by atoms with Gasteiger partial charge < -0.3 is 5.32 Å². The molecule has 0 radical (unpaired) electrons. The summed E-state index contributed by atoms with van der Waals surface area (Å²) >= 11 is 0. The monoisotopic (exact) mass is 267 g/mol. The fourth-order valence-electron chi connectivity index (χ4n) is 2.90. The maximum Gasteiger partial charge on any atom is 0.175 e. The minimum atomic E-state index is -3.12. The molecule has 0 heterocycles. The predicted molar refractivity (Wildman–Crippen MR) is 73.3 cm³/mol. The van der Waals surface area contributed by atoms with Gasteiger partial charge in [-0.3, -0.25) is 0 Å². The Hall–Kier alpha value is -0.870. The van der Waals surface area contributed by atoms with E-state index in [-0.39, 0.29) is 6.04 Å². The van der Waals surface area contributed by atoms with Crippen molar-refractivity contribution in [1.29, 1.82) is 0 Å². The molecule has 0 bridgehead atoms. The Balaban J connectivity index is 2.31. The lowest BCUT2D eigenvalue weighted by Crippen LogP contribution is -2.23. The second-order valence-electron chi connectivity index (χ2n) is 5.16. The van der Waals surface area contributed by atoms with E-state index in [2.05, 4.69) is 5.32 Å². The smallest absolute Gasteiger partial charge is 0.175 e. The first-order valence-electron chi connectivity index (χ1n) is 6.49. The van der Waals surface area contributed by atoms with E-state index in [1.165, 1.54) is 31.9 Å². The van der Waals surface area contributed by atoms with Gasteiger partial charge in [-0.15, -0.1) is 0 Å². The molecule has 1 fully saturated rings. The lowest BCUT2D eigenvalue weighted by Gasteiger charge is -2.23. The molecule has 18 heavy (non-hydrogen) atoms. The van der Waals surface area contributed by atoms with Gasteiger partial charge in [0, 0.05) is 12.3 Å². The van der Waals surface area contributed by atoms with E-state index in [1.807, 2.05) is 25.2 Å². The maximum absolute atomic E-state index is 11.6. The van der Waals surface area contributed by atoms with Gasteiger partial charge in [-0.2, -0.15) is 0 Å². The van der Waals surface area contributed by atoms with Crippen LogP contribution in [0, 0.1) is 5.92 Å². The molecule has 0 aliphatic heterocycles. The number of hydrogen-bond acceptors (Lipinski definition) is 3. The third-order valence-corrected chi connectivity index (χ3v) is 4.94. The largest absolute Gasteiger partial charge is 0.313 e. The maximum atomic E-state index is 11.6. The molecule has 3 nitrogen and oxygen atoms in total. The van der Waals surface area contributed by atoms with Gasteiger partial charge >= 0.3 is 0 Å². The number of sulfone groups is 1.